The van der Waals surface area contributed by atoms with Gasteiger partial charge in [-0.15, -0.1) is 0 Å². The molecule has 0 N–H and O–H groups in total. The Kier molecular flexibility index (Phi) is 3.29. The Bertz CT molecular complexity index is 401. The molecule has 78 valence electrons. The van der Waals surface area contributed by atoms with Crippen LogP contribution in [0, 0.1) is 13.8 Å². The largest absolute Gasteiger partial charge is 0.265 e. The second kappa shape index (κ2) is 4.11. The van der Waals surface area contributed by atoms with E-state index in [1.54, 1.807) is 0 Å². The van der Waals surface area contributed by atoms with Gasteiger partial charge in [0.05, 0.1) is 12.9 Å². The van der Waals surface area contributed by atoms with Gasteiger partial charge in [-0.25, -0.2) is 0 Å². The minimum Gasteiger partial charge on any atom is -0.265 e. The van der Waals surface area contributed by atoms with E-state index in [0.717, 1.165) is 22.9 Å². The Balaban J connectivity index is 2.87. The Morgan fingerprint density at radius 2 is 1.71 bits per heavy atom. The molecule has 1 aromatic carbocycles. The molecular weight excluding hydrogens is 200 g/mol. The van der Waals surface area contributed by atoms with E-state index in [-0.39, 0.29) is 6.61 Å². The summed E-state index contributed by atoms with van der Waals surface area (Å²) in [6, 6.07) is 5.82. The molecule has 0 heterocycles. The molecule has 0 fully saturated rings. The number of hydrogen-bond donors (Lipinski definition) is 0. The average molecular weight is 214 g/mol. The standard InChI is InChI=1S/C10H14O3S/c1-8-5-4-6-9(2)10(8)7-13-14(3,11)12/h4-6H,7H2,1-3H3. The summed E-state index contributed by atoms with van der Waals surface area (Å²) in [6.45, 7) is 4.00. The van der Waals surface area contributed by atoms with Gasteiger partial charge in [0, 0.05) is 0 Å². The molecule has 0 spiro atoms. The van der Waals surface area contributed by atoms with Gasteiger partial charge in [-0.05, 0) is 30.5 Å². The maximum absolute atomic E-state index is 10.8. The lowest BCUT2D eigenvalue weighted by Gasteiger charge is -2.08. The molecule has 1 aromatic rings. The van der Waals surface area contributed by atoms with Crippen molar-refractivity contribution in [1.82, 2.24) is 0 Å². The molecule has 0 saturated heterocycles. The summed E-state index contributed by atoms with van der Waals surface area (Å²) in [5.74, 6) is 0. The van der Waals surface area contributed by atoms with Crippen molar-refractivity contribution < 1.29 is 12.6 Å². The van der Waals surface area contributed by atoms with Crippen LogP contribution in [-0.2, 0) is 20.9 Å². The third kappa shape index (κ3) is 3.12. The average Bonchev–Trinajstić information content (AvgIpc) is 2.01. The molecule has 14 heavy (non-hydrogen) atoms. The fourth-order valence-corrected chi connectivity index (χ4v) is 1.57. The molecule has 0 aliphatic carbocycles. The van der Waals surface area contributed by atoms with E-state index < -0.39 is 10.1 Å². The van der Waals surface area contributed by atoms with Gasteiger partial charge in [0.15, 0.2) is 0 Å². The summed E-state index contributed by atoms with van der Waals surface area (Å²) < 4.78 is 26.4. The van der Waals surface area contributed by atoms with Gasteiger partial charge in [-0.2, -0.15) is 8.42 Å². The zero-order valence-corrected chi connectivity index (χ0v) is 9.39. The molecule has 3 nitrogen and oxygen atoms in total. The number of hydrogen-bond acceptors (Lipinski definition) is 3. The van der Waals surface area contributed by atoms with E-state index >= 15 is 0 Å². The molecule has 0 amide bonds. The molecule has 0 unspecified atom stereocenters. The van der Waals surface area contributed by atoms with Gasteiger partial charge in [-0.3, -0.25) is 4.18 Å². The van der Waals surface area contributed by atoms with Crippen LogP contribution in [0.25, 0.3) is 0 Å². The van der Waals surface area contributed by atoms with Crippen LogP contribution >= 0.6 is 0 Å². The van der Waals surface area contributed by atoms with Crippen molar-refractivity contribution in [3.63, 3.8) is 0 Å². The summed E-state index contributed by atoms with van der Waals surface area (Å²) in [5, 5.41) is 0. The van der Waals surface area contributed by atoms with Crippen molar-refractivity contribution in [2.45, 2.75) is 20.5 Å². The topological polar surface area (TPSA) is 43.4 Å². The molecule has 4 heteroatoms. The molecule has 0 bridgehead atoms. The molecule has 0 saturated carbocycles. The van der Waals surface area contributed by atoms with Gasteiger partial charge in [-0.1, -0.05) is 18.2 Å². The SMILES string of the molecule is Cc1cccc(C)c1COS(C)(=O)=O. The number of rotatable bonds is 3. The fourth-order valence-electron chi connectivity index (χ4n) is 1.24. The lowest BCUT2D eigenvalue weighted by molar-refractivity contribution is 0.310. The Morgan fingerprint density at radius 3 is 2.14 bits per heavy atom. The second-order valence-corrected chi connectivity index (χ2v) is 4.98. The normalized spacial score (nSPS) is 11.6. The van der Waals surface area contributed by atoms with Crippen molar-refractivity contribution in [1.29, 1.82) is 0 Å². The monoisotopic (exact) mass is 214 g/mol. The van der Waals surface area contributed by atoms with E-state index in [1.165, 1.54) is 0 Å². The van der Waals surface area contributed by atoms with Crippen molar-refractivity contribution in [3.8, 4) is 0 Å². The highest BCUT2D eigenvalue weighted by Gasteiger charge is 2.06. The summed E-state index contributed by atoms with van der Waals surface area (Å²) in [7, 11) is -3.36. The highest BCUT2D eigenvalue weighted by molar-refractivity contribution is 7.85. The molecule has 0 aliphatic rings. The maximum atomic E-state index is 10.8. The first-order valence-electron chi connectivity index (χ1n) is 4.29. The van der Waals surface area contributed by atoms with Gasteiger partial charge in [0.1, 0.15) is 0 Å². The minimum absolute atomic E-state index is 0.122. The summed E-state index contributed by atoms with van der Waals surface area (Å²) in [6.07, 6.45) is 1.06. The summed E-state index contributed by atoms with van der Waals surface area (Å²) in [4.78, 5) is 0. The number of benzene rings is 1. The maximum Gasteiger partial charge on any atom is 0.264 e. The quantitative estimate of drug-likeness (QED) is 0.720. The molecule has 0 aliphatic heterocycles. The van der Waals surface area contributed by atoms with Crippen molar-refractivity contribution in [2.24, 2.45) is 0 Å². The van der Waals surface area contributed by atoms with Crippen LogP contribution in [0.5, 0.6) is 0 Å². The summed E-state index contributed by atoms with van der Waals surface area (Å²) in [5.41, 5.74) is 3.04. The fraction of sp³-hybridized carbons (Fsp3) is 0.400. The highest BCUT2D eigenvalue weighted by Crippen LogP contribution is 2.14. The van der Waals surface area contributed by atoms with E-state index in [9.17, 15) is 8.42 Å². The molecule has 0 atom stereocenters. The molecule has 1 rings (SSSR count). The van der Waals surface area contributed by atoms with Crippen LogP contribution in [0.2, 0.25) is 0 Å². The van der Waals surface area contributed by atoms with Crippen LogP contribution in [0.3, 0.4) is 0 Å². The Morgan fingerprint density at radius 1 is 1.21 bits per heavy atom. The van der Waals surface area contributed by atoms with E-state index in [0.29, 0.717) is 0 Å². The zero-order valence-electron chi connectivity index (χ0n) is 8.57. The Hall–Kier alpha value is -0.870. The van der Waals surface area contributed by atoms with E-state index in [4.69, 9.17) is 4.18 Å². The third-order valence-corrected chi connectivity index (χ3v) is 2.61. The first kappa shape index (κ1) is 11.2. The van der Waals surface area contributed by atoms with Crippen LogP contribution in [-0.4, -0.2) is 14.7 Å². The van der Waals surface area contributed by atoms with Crippen LogP contribution < -0.4 is 0 Å². The Labute approximate surface area is 84.8 Å². The zero-order chi connectivity index (χ0) is 10.8. The predicted molar refractivity (Wildman–Crippen MR) is 55.5 cm³/mol. The molecule has 0 radical (unpaired) electrons. The van der Waals surface area contributed by atoms with Gasteiger partial charge >= 0.3 is 0 Å². The van der Waals surface area contributed by atoms with Gasteiger partial charge in [0.25, 0.3) is 10.1 Å². The first-order valence-corrected chi connectivity index (χ1v) is 6.11. The van der Waals surface area contributed by atoms with E-state index in [1.807, 2.05) is 32.0 Å². The lowest BCUT2D eigenvalue weighted by Crippen LogP contribution is -2.04. The van der Waals surface area contributed by atoms with E-state index in [2.05, 4.69) is 0 Å². The van der Waals surface area contributed by atoms with Crippen molar-refractivity contribution in [2.75, 3.05) is 6.26 Å². The minimum atomic E-state index is -3.36. The van der Waals surface area contributed by atoms with Crippen molar-refractivity contribution >= 4 is 10.1 Å². The highest BCUT2D eigenvalue weighted by atomic mass is 32.2. The van der Waals surface area contributed by atoms with Crippen LogP contribution in [0.1, 0.15) is 16.7 Å². The van der Waals surface area contributed by atoms with Gasteiger partial charge in [0.2, 0.25) is 0 Å². The number of aryl methyl sites for hydroxylation is 2. The lowest BCUT2D eigenvalue weighted by atomic mass is 10.0. The van der Waals surface area contributed by atoms with Crippen LogP contribution in [0.4, 0.5) is 0 Å². The van der Waals surface area contributed by atoms with Crippen molar-refractivity contribution in [3.05, 3.63) is 34.9 Å². The van der Waals surface area contributed by atoms with Gasteiger partial charge < -0.3 is 0 Å². The first-order chi connectivity index (χ1) is 6.40. The van der Waals surface area contributed by atoms with Crippen LogP contribution in [0.15, 0.2) is 18.2 Å². The molecule has 0 aromatic heterocycles. The smallest absolute Gasteiger partial charge is 0.264 e. The summed E-state index contributed by atoms with van der Waals surface area (Å²) >= 11 is 0. The predicted octanol–water partition coefficient (Wildman–Crippen LogP) is 1.78. The third-order valence-electron chi connectivity index (χ3n) is 2.06. The second-order valence-electron chi connectivity index (χ2n) is 3.34. The molecular formula is C10H14O3S.